The third-order valence-electron chi connectivity index (χ3n) is 2.71. The first-order valence-corrected chi connectivity index (χ1v) is 6.54. The number of hydrogen-bond acceptors (Lipinski definition) is 2. The molecule has 0 aliphatic rings. The smallest absolute Gasteiger partial charge is 0.126 e. The Balaban J connectivity index is 2.44. The zero-order valence-corrected chi connectivity index (χ0v) is 12.0. The third-order valence-corrected chi connectivity index (χ3v) is 3.24. The Kier molecular flexibility index (Phi) is 4.38. The summed E-state index contributed by atoms with van der Waals surface area (Å²) in [5, 5.41) is 9.30. The standard InChI is InChI=1S/C16H12BrNO/c1-19-16-5-3-2-4-13(16)10-14(11-18)12-6-8-15(17)9-7-12/h2-10H,1H3/b14-10+. The molecule has 0 fully saturated rings. The number of halogens is 1. The van der Waals surface area contributed by atoms with Gasteiger partial charge in [-0.25, -0.2) is 0 Å². The van der Waals surface area contributed by atoms with Crippen molar-refractivity contribution in [2.24, 2.45) is 0 Å². The van der Waals surface area contributed by atoms with Gasteiger partial charge in [0.25, 0.3) is 0 Å². The molecule has 0 spiro atoms. The van der Waals surface area contributed by atoms with Crippen LogP contribution in [0, 0.1) is 11.3 Å². The highest BCUT2D eigenvalue weighted by atomic mass is 79.9. The number of para-hydroxylation sites is 1. The topological polar surface area (TPSA) is 33.0 Å². The van der Waals surface area contributed by atoms with Crippen molar-refractivity contribution < 1.29 is 4.74 Å². The number of ether oxygens (including phenoxy) is 1. The molecular weight excluding hydrogens is 302 g/mol. The average molecular weight is 314 g/mol. The highest BCUT2D eigenvalue weighted by molar-refractivity contribution is 9.10. The van der Waals surface area contributed by atoms with E-state index in [4.69, 9.17) is 4.74 Å². The van der Waals surface area contributed by atoms with Gasteiger partial charge in [0.1, 0.15) is 5.75 Å². The van der Waals surface area contributed by atoms with Crippen molar-refractivity contribution in [3.63, 3.8) is 0 Å². The zero-order chi connectivity index (χ0) is 13.7. The Morgan fingerprint density at radius 2 is 1.84 bits per heavy atom. The van der Waals surface area contributed by atoms with Crippen LogP contribution < -0.4 is 4.74 Å². The summed E-state index contributed by atoms with van der Waals surface area (Å²) in [6.07, 6.45) is 1.84. The summed E-state index contributed by atoms with van der Waals surface area (Å²) < 4.78 is 6.28. The van der Waals surface area contributed by atoms with Gasteiger partial charge in [0.05, 0.1) is 18.8 Å². The maximum Gasteiger partial charge on any atom is 0.126 e. The number of rotatable bonds is 3. The molecule has 0 atom stereocenters. The van der Waals surface area contributed by atoms with Crippen LogP contribution in [0.15, 0.2) is 53.0 Å². The Bertz CT molecular complexity index is 639. The molecule has 0 heterocycles. The molecule has 0 saturated heterocycles. The lowest BCUT2D eigenvalue weighted by molar-refractivity contribution is 0.414. The minimum Gasteiger partial charge on any atom is -0.496 e. The summed E-state index contributed by atoms with van der Waals surface area (Å²) >= 11 is 3.38. The lowest BCUT2D eigenvalue weighted by Crippen LogP contribution is -1.87. The molecule has 0 aromatic heterocycles. The molecule has 0 unspecified atom stereocenters. The molecule has 0 amide bonds. The van der Waals surface area contributed by atoms with Crippen molar-refractivity contribution in [2.45, 2.75) is 0 Å². The van der Waals surface area contributed by atoms with E-state index in [1.165, 1.54) is 0 Å². The number of methoxy groups -OCH3 is 1. The number of allylic oxidation sites excluding steroid dienone is 1. The van der Waals surface area contributed by atoms with Crippen molar-refractivity contribution in [3.05, 3.63) is 64.1 Å². The van der Waals surface area contributed by atoms with E-state index in [9.17, 15) is 5.26 Å². The predicted octanol–water partition coefficient (Wildman–Crippen LogP) is 4.52. The first kappa shape index (κ1) is 13.4. The predicted molar refractivity (Wildman–Crippen MR) is 80.6 cm³/mol. The second kappa shape index (κ2) is 6.21. The van der Waals surface area contributed by atoms with E-state index in [1.807, 2.05) is 54.6 Å². The van der Waals surface area contributed by atoms with Crippen molar-refractivity contribution in [2.75, 3.05) is 7.11 Å². The van der Waals surface area contributed by atoms with Crippen molar-refractivity contribution in [1.29, 1.82) is 5.26 Å². The molecule has 2 nitrogen and oxygen atoms in total. The van der Waals surface area contributed by atoms with E-state index in [0.29, 0.717) is 5.57 Å². The summed E-state index contributed by atoms with van der Waals surface area (Å²) in [5.41, 5.74) is 2.39. The number of hydrogen-bond donors (Lipinski definition) is 0. The van der Waals surface area contributed by atoms with Gasteiger partial charge in [0.15, 0.2) is 0 Å². The molecule has 19 heavy (non-hydrogen) atoms. The van der Waals surface area contributed by atoms with Crippen LogP contribution in [0.5, 0.6) is 5.75 Å². The summed E-state index contributed by atoms with van der Waals surface area (Å²) in [6, 6.07) is 17.5. The summed E-state index contributed by atoms with van der Waals surface area (Å²) in [6.45, 7) is 0. The van der Waals surface area contributed by atoms with Crippen LogP contribution in [0.25, 0.3) is 11.6 Å². The normalized spacial score (nSPS) is 10.9. The van der Waals surface area contributed by atoms with Crippen LogP contribution in [0.4, 0.5) is 0 Å². The van der Waals surface area contributed by atoms with Gasteiger partial charge in [-0.1, -0.05) is 46.3 Å². The van der Waals surface area contributed by atoms with Gasteiger partial charge >= 0.3 is 0 Å². The monoisotopic (exact) mass is 313 g/mol. The van der Waals surface area contributed by atoms with Gasteiger partial charge in [-0.3, -0.25) is 0 Å². The van der Waals surface area contributed by atoms with Crippen LogP contribution in [0.2, 0.25) is 0 Å². The molecule has 3 heteroatoms. The highest BCUT2D eigenvalue weighted by Gasteiger charge is 2.04. The van der Waals surface area contributed by atoms with E-state index < -0.39 is 0 Å². The zero-order valence-electron chi connectivity index (χ0n) is 10.4. The SMILES string of the molecule is COc1ccccc1/C=C(\C#N)c1ccc(Br)cc1. The van der Waals surface area contributed by atoms with Crippen LogP contribution in [0.3, 0.4) is 0 Å². The molecule has 2 aromatic rings. The summed E-state index contributed by atoms with van der Waals surface area (Å²) in [4.78, 5) is 0. The van der Waals surface area contributed by atoms with E-state index in [0.717, 1.165) is 21.3 Å². The molecule has 94 valence electrons. The third kappa shape index (κ3) is 3.24. The van der Waals surface area contributed by atoms with Crippen LogP contribution in [-0.4, -0.2) is 7.11 Å². The second-order valence-corrected chi connectivity index (χ2v) is 4.83. The fourth-order valence-corrected chi connectivity index (χ4v) is 2.02. The van der Waals surface area contributed by atoms with Crippen LogP contribution in [-0.2, 0) is 0 Å². The Morgan fingerprint density at radius 3 is 2.47 bits per heavy atom. The van der Waals surface area contributed by atoms with Gasteiger partial charge in [0, 0.05) is 10.0 Å². The molecule has 0 saturated carbocycles. The van der Waals surface area contributed by atoms with Gasteiger partial charge < -0.3 is 4.74 Å². The number of nitrogens with zero attached hydrogens (tertiary/aromatic N) is 1. The minimum absolute atomic E-state index is 0.608. The molecule has 0 radical (unpaired) electrons. The summed E-state index contributed by atoms with van der Waals surface area (Å²) in [7, 11) is 1.62. The molecule has 2 aromatic carbocycles. The van der Waals surface area contributed by atoms with Gasteiger partial charge in [-0.2, -0.15) is 5.26 Å². The van der Waals surface area contributed by atoms with Crippen LogP contribution in [0.1, 0.15) is 11.1 Å². The minimum atomic E-state index is 0.608. The Morgan fingerprint density at radius 1 is 1.16 bits per heavy atom. The molecule has 0 N–H and O–H groups in total. The molecule has 2 rings (SSSR count). The first-order valence-electron chi connectivity index (χ1n) is 5.75. The molecular formula is C16H12BrNO. The van der Waals surface area contributed by atoms with Gasteiger partial charge in [-0.05, 0) is 29.8 Å². The van der Waals surface area contributed by atoms with Gasteiger partial charge in [-0.15, -0.1) is 0 Å². The maximum absolute atomic E-state index is 9.30. The molecule has 0 aliphatic heterocycles. The fraction of sp³-hybridized carbons (Fsp3) is 0.0625. The Hall–Kier alpha value is -2.05. The fourth-order valence-electron chi connectivity index (χ4n) is 1.75. The van der Waals surface area contributed by atoms with Crippen LogP contribution >= 0.6 is 15.9 Å². The first-order chi connectivity index (χ1) is 9.24. The summed E-state index contributed by atoms with van der Waals surface area (Å²) in [5.74, 6) is 0.757. The van der Waals surface area contributed by atoms with Gasteiger partial charge in [0.2, 0.25) is 0 Å². The van der Waals surface area contributed by atoms with E-state index in [1.54, 1.807) is 7.11 Å². The molecule has 0 bridgehead atoms. The lowest BCUT2D eigenvalue weighted by atomic mass is 10.0. The maximum atomic E-state index is 9.30. The second-order valence-electron chi connectivity index (χ2n) is 3.92. The largest absolute Gasteiger partial charge is 0.496 e. The highest BCUT2D eigenvalue weighted by Crippen LogP contribution is 2.24. The van der Waals surface area contributed by atoms with E-state index in [-0.39, 0.29) is 0 Å². The number of nitriles is 1. The number of benzene rings is 2. The lowest BCUT2D eigenvalue weighted by Gasteiger charge is -2.05. The quantitative estimate of drug-likeness (QED) is 0.616. The van der Waals surface area contributed by atoms with Crippen molar-refractivity contribution in [1.82, 2.24) is 0 Å². The van der Waals surface area contributed by atoms with Crippen molar-refractivity contribution >= 4 is 27.6 Å². The van der Waals surface area contributed by atoms with E-state index >= 15 is 0 Å². The van der Waals surface area contributed by atoms with E-state index in [2.05, 4.69) is 22.0 Å². The molecule has 0 aliphatic carbocycles. The van der Waals surface area contributed by atoms with Crippen molar-refractivity contribution in [3.8, 4) is 11.8 Å². The Labute approximate surface area is 121 Å². The average Bonchev–Trinajstić information content (AvgIpc) is 2.46.